The molecule has 0 unspecified atom stereocenters. The Balaban J connectivity index is 2.02. The monoisotopic (exact) mass is 341 g/mol. The Labute approximate surface area is 147 Å². The first kappa shape index (κ1) is 17.2. The maximum atomic E-state index is 13.3. The summed E-state index contributed by atoms with van der Waals surface area (Å²) < 4.78 is 6.72. The minimum absolute atomic E-state index is 0.112. The number of carbonyl (C=O) groups excluding carboxylic acids is 2. The molecule has 0 radical (unpaired) electrons. The number of anilines is 1. The number of aryl methyl sites for hydroxylation is 2. The van der Waals surface area contributed by atoms with Crippen LogP contribution in [0.15, 0.2) is 24.3 Å². The van der Waals surface area contributed by atoms with E-state index in [1.165, 1.54) is 7.11 Å². The van der Waals surface area contributed by atoms with Crippen LogP contribution in [-0.2, 0) is 27.8 Å². The average molecular weight is 341 g/mol. The van der Waals surface area contributed by atoms with Gasteiger partial charge >= 0.3 is 5.97 Å². The Morgan fingerprint density at radius 3 is 2.56 bits per heavy atom. The van der Waals surface area contributed by atoms with Gasteiger partial charge in [-0.3, -0.25) is 14.4 Å². The number of amides is 1. The van der Waals surface area contributed by atoms with Crippen molar-refractivity contribution in [3.63, 3.8) is 0 Å². The topological polar surface area (TPSA) is 64.4 Å². The zero-order chi connectivity index (χ0) is 18.3. The van der Waals surface area contributed by atoms with E-state index in [1.54, 1.807) is 9.58 Å². The summed E-state index contributed by atoms with van der Waals surface area (Å²) in [5.74, 6) is -0.900. The van der Waals surface area contributed by atoms with E-state index >= 15 is 0 Å². The third-order valence-corrected chi connectivity index (χ3v) is 5.06. The van der Waals surface area contributed by atoms with Gasteiger partial charge in [-0.15, -0.1) is 0 Å². The van der Waals surface area contributed by atoms with E-state index < -0.39 is 17.9 Å². The fourth-order valence-electron chi connectivity index (χ4n) is 3.73. The van der Waals surface area contributed by atoms with Gasteiger partial charge in [0.2, 0.25) is 5.91 Å². The Kier molecular flexibility index (Phi) is 4.37. The van der Waals surface area contributed by atoms with Crippen LogP contribution in [0, 0.1) is 13.8 Å². The summed E-state index contributed by atoms with van der Waals surface area (Å²) >= 11 is 0. The molecule has 0 N–H and O–H groups in total. The van der Waals surface area contributed by atoms with Crippen LogP contribution in [0.1, 0.15) is 35.4 Å². The molecule has 0 aliphatic carbocycles. The number of hydrogen-bond donors (Lipinski definition) is 0. The van der Waals surface area contributed by atoms with Crippen molar-refractivity contribution in [2.24, 2.45) is 7.05 Å². The Bertz CT molecular complexity index is 840. The van der Waals surface area contributed by atoms with Crippen LogP contribution in [-0.4, -0.2) is 34.8 Å². The molecule has 3 rings (SSSR count). The lowest BCUT2D eigenvalue weighted by atomic mass is 9.97. The number of aromatic nitrogens is 2. The van der Waals surface area contributed by atoms with E-state index in [4.69, 9.17) is 4.74 Å². The Morgan fingerprint density at radius 1 is 1.28 bits per heavy atom. The van der Waals surface area contributed by atoms with Crippen LogP contribution in [0.25, 0.3) is 0 Å². The zero-order valence-corrected chi connectivity index (χ0v) is 15.2. The number of nitrogens with zero attached hydrogens (tertiary/aromatic N) is 3. The van der Waals surface area contributed by atoms with Gasteiger partial charge < -0.3 is 4.74 Å². The number of carbonyl (C=O) groups is 2. The Hall–Kier alpha value is -2.63. The fourth-order valence-corrected chi connectivity index (χ4v) is 3.73. The number of hydrogen-bond acceptors (Lipinski definition) is 4. The molecule has 1 amide bonds. The number of para-hydroxylation sites is 1. The van der Waals surface area contributed by atoms with Gasteiger partial charge in [0, 0.05) is 30.4 Å². The van der Waals surface area contributed by atoms with Crippen molar-refractivity contribution in [1.82, 2.24) is 9.78 Å². The summed E-state index contributed by atoms with van der Waals surface area (Å²) in [7, 11) is 3.22. The molecule has 0 saturated carbocycles. The molecule has 6 nitrogen and oxygen atoms in total. The SMILES string of the molecule is COC(=O)[C@H]1Cc2ccccc2N1C(=O)[C@H](C)c1c(C)nn(C)c1C. The molecular weight excluding hydrogens is 318 g/mol. The van der Waals surface area contributed by atoms with E-state index in [0.717, 1.165) is 28.2 Å². The standard InChI is InChI=1S/C19H23N3O3/c1-11(17-12(2)20-21(4)13(17)3)18(23)22-15-9-7-6-8-14(15)10-16(22)19(24)25-5/h6-9,11,16H,10H2,1-5H3/t11-,16-/m1/s1. The van der Waals surface area contributed by atoms with Gasteiger partial charge in [-0.1, -0.05) is 18.2 Å². The lowest BCUT2D eigenvalue weighted by molar-refractivity contribution is -0.143. The predicted octanol–water partition coefficient (Wildman–Crippen LogP) is 2.27. The quantitative estimate of drug-likeness (QED) is 0.804. The smallest absolute Gasteiger partial charge is 0.329 e. The first-order chi connectivity index (χ1) is 11.9. The summed E-state index contributed by atoms with van der Waals surface area (Å²) in [6.07, 6.45) is 0.478. The molecule has 2 atom stereocenters. The van der Waals surface area contributed by atoms with Crippen molar-refractivity contribution in [2.75, 3.05) is 12.0 Å². The second-order valence-electron chi connectivity index (χ2n) is 6.51. The van der Waals surface area contributed by atoms with Gasteiger partial charge in [-0.2, -0.15) is 5.10 Å². The largest absolute Gasteiger partial charge is 0.467 e. The van der Waals surface area contributed by atoms with Crippen LogP contribution < -0.4 is 4.90 Å². The molecule has 0 fully saturated rings. The summed E-state index contributed by atoms with van der Waals surface area (Å²) in [6.45, 7) is 5.73. The normalized spacial score (nSPS) is 17.3. The molecule has 0 bridgehead atoms. The van der Waals surface area contributed by atoms with E-state index in [2.05, 4.69) is 5.10 Å². The highest BCUT2D eigenvalue weighted by Gasteiger charge is 2.41. The number of ether oxygens (including phenoxy) is 1. The molecule has 2 heterocycles. The molecule has 1 aliphatic rings. The van der Waals surface area contributed by atoms with Gasteiger partial charge in [0.1, 0.15) is 6.04 Å². The number of benzene rings is 1. The summed E-state index contributed by atoms with van der Waals surface area (Å²) in [5.41, 5.74) is 4.48. The summed E-state index contributed by atoms with van der Waals surface area (Å²) in [6, 6.07) is 7.01. The second kappa shape index (κ2) is 6.35. The first-order valence-electron chi connectivity index (χ1n) is 8.35. The summed E-state index contributed by atoms with van der Waals surface area (Å²) in [5, 5.41) is 4.41. The van der Waals surface area contributed by atoms with Crippen LogP contribution in [0.5, 0.6) is 0 Å². The lowest BCUT2D eigenvalue weighted by Gasteiger charge is -2.27. The molecule has 0 saturated heterocycles. The van der Waals surface area contributed by atoms with Crippen molar-refractivity contribution in [3.05, 3.63) is 46.8 Å². The van der Waals surface area contributed by atoms with Gasteiger partial charge in [-0.25, -0.2) is 4.79 Å². The third kappa shape index (κ3) is 2.71. The molecule has 1 aromatic carbocycles. The van der Waals surface area contributed by atoms with E-state index in [0.29, 0.717) is 6.42 Å². The molecule has 1 aromatic heterocycles. The van der Waals surface area contributed by atoms with Gasteiger partial charge in [-0.05, 0) is 32.4 Å². The van der Waals surface area contributed by atoms with Gasteiger partial charge in [0.05, 0.1) is 18.7 Å². The van der Waals surface area contributed by atoms with E-state index in [9.17, 15) is 9.59 Å². The highest BCUT2D eigenvalue weighted by atomic mass is 16.5. The minimum atomic E-state index is -0.616. The van der Waals surface area contributed by atoms with Crippen LogP contribution in [0.3, 0.4) is 0 Å². The molecule has 1 aliphatic heterocycles. The Morgan fingerprint density at radius 2 is 1.96 bits per heavy atom. The first-order valence-corrected chi connectivity index (χ1v) is 8.35. The number of methoxy groups -OCH3 is 1. The maximum absolute atomic E-state index is 13.3. The molecular formula is C19H23N3O3. The van der Waals surface area contributed by atoms with Crippen LogP contribution in [0.2, 0.25) is 0 Å². The third-order valence-electron chi connectivity index (χ3n) is 5.06. The minimum Gasteiger partial charge on any atom is -0.467 e. The van der Waals surface area contributed by atoms with Crippen molar-refractivity contribution >= 4 is 17.6 Å². The molecule has 2 aromatic rings. The van der Waals surface area contributed by atoms with Crippen LogP contribution >= 0.6 is 0 Å². The highest BCUT2D eigenvalue weighted by molar-refractivity contribution is 6.05. The van der Waals surface area contributed by atoms with Crippen molar-refractivity contribution < 1.29 is 14.3 Å². The molecule has 0 spiro atoms. The van der Waals surface area contributed by atoms with E-state index in [-0.39, 0.29) is 5.91 Å². The molecule has 25 heavy (non-hydrogen) atoms. The van der Waals surface area contributed by atoms with Crippen molar-refractivity contribution in [1.29, 1.82) is 0 Å². The summed E-state index contributed by atoms with van der Waals surface area (Å²) in [4.78, 5) is 27.2. The van der Waals surface area contributed by atoms with E-state index in [1.807, 2.05) is 52.1 Å². The predicted molar refractivity (Wildman–Crippen MR) is 94.5 cm³/mol. The molecule has 6 heteroatoms. The fraction of sp³-hybridized carbons (Fsp3) is 0.421. The molecule has 132 valence electrons. The van der Waals surface area contributed by atoms with Crippen LogP contribution in [0.4, 0.5) is 5.69 Å². The zero-order valence-electron chi connectivity index (χ0n) is 15.2. The number of rotatable bonds is 3. The maximum Gasteiger partial charge on any atom is 0.329 e. The van der Waals surface area contributed by atoms with Gasteiger partial charge in [0.15, 0.2) is 0 Å². The lowest BCUT2D eigenvalue weighted by Crippen LogP contribution is -2.45. The van der Waals surface area contributed by atoms with Crippen molar-refractivity contribution in [2.45, 2.75) is 39.2 Å². The highest BCUT2D eigenvalue weighted by Crippen LogP contribution is 2.36. The number of fused-ring (bicyclic) bond motifs is 1. The average Bonchev–Trinajstić information content (AvgIpc) is 3.10. The van der Waals surface area contributed by atoms with Crippen molar-refractivity contribution in [3.8, 4) is 0 Å². The second-order valence-corrected chi connectivity index (χ2v) is 6.51. The number of esters is 1. The van der Waals surface area contributed by atoms with Gasteiger partial charge in [0.25, 0.3) is 0 Å².